The first-order chi connectivity index (χ1) is 7.83. The van der Waals surface area contributed by atoms with Gasteiger partial charge >= 0.3 is 0 Å². The topological polar surface area (TPSA) is 47.0 Å². The van der Waals surface area contributed by atoms with E-state index in [1.54, 1.807) is 6.07 Å². The van der Waals surface area contributed by atoms with Crippen LogP contribution in [0.2, 0.25) is 0 Å². The van der Waals surface area contributed by atoms with Gasteiger partial charge in [-0.3, -0.25) is 4.79 Å². The fraction of sp³-hybridized carbons (Fsp3) is 0.154. The van der Waals surface area contributed by atoms with E-state index in [0.29, 0.717) is 18.5 Å². The zero-order valence-corrected chi connectivity index (χ0v) is 8.72. The minimum absolute atomic E-state index is 0.431. The van der Waals surface area contributed by atoms with Crippen molar-refractivity contribution in [1.82, 2.24) is 4.98 Å². The van der Waals surface area contributed by atoms with E-state index in [4.69, 9.17) is 0 Å². The van der Waals surface area contributed by atoms with E-state index in [2.05, 4.69) is 4.98 Å². The van der Waals surface area contributed by atoms with Gasteiger partial charge in [0.15, 0.2) is 6.29 Å². The molecule has 0 aliphatic rings. The summed E-state index contributed by atoms with van der Waals surface area (Å²) >= 11 is 0. The number of hydrogen-bond donors (Lipinski definition) is 0. The molecular formula is C13H11NO2. The predicted octanol–water partition coefficient (Wildman–Crippen LogP) is 2.18. The number of aldehydes is 2. The number of nitrogens with zero attached hydrogens (tertiary/aromatic N) is 1. The second-order valence-corrected chi connectivity index (χ2v) is 3.59. The molecule has 3 nitrogen and oxygen atoms in total. The molecule has 3 heteroatoms. The third-order valence-electron chi connectivity index (χ3n) is 2.45. The molecule has 16 heavy (non-hydrogen) atoms. The van der Waals surface area contributed by atoms with Crippen LogP contribution in [0.4, 0.5) is 0 Å². The number of rotatable bonds is 4. The smallest absolute Gasteiger partial charge is 0.168 e. The minimum atomic E-state index is 0.431. The van der Waals surface area contributed by atoms with Crippen LogP contribution in [0.5, 0.6) is 0 Å². The Kier molecular flexibility index (Phi) is 3.05. The lowest BCUT2D eigenvalue weighted by molar-refractivity contribution is -0.107. The van der Waals surface area contributed by atoms with Crippen molar-refractivity contribution in [3.05, 3.63) is 41.6 Å². The summed E-state index contributed by atoms with van der Waals surface area (Å²) in [6.07, 6.45) is 2.86. The number of aryl methyl sites for hydroxylation is 1. The summed E-state index contributed by atoms with van der Waals surface area (Å²) in [5.74, 6) is 0. The van der Waals surface area contributed by atoms with Gasteiger partial charge in [-0.2, -0.15) is 0 Å². The Labute approximate surface area is 93.1 Å². The molecule has 1 aromatic carbocycles. The molecule has 0 unspecified atom stereocenters. The molecule has 0 saturated heterocycles. The Morgan fingerprint density at radius 2 is 1.94 bits per heavy atom. The van der Waals surface area contributed by atoms with E-state index in [9.17, 15) is 9.59 Å². The molecule has 0 aliphatic carbocycles. The first-order valence-corrected chi connectivity index (χ1v) is 5.12. The first-order valence-electron chi connectivity index (χ1n) is 5.12. The number of carbonyl (C=O) groups is 2. The molecule has 1 heterocycles. The monoisotopic (exact) mass is 213 g/mol. The molecule has 1 aromatic heterocycles. The van der Waals surface area contributed by atoms with Gasteiger partial charge in [0.05, 0.1) is 5.52 Å². The molecule has 0 radical (unpaired) electrons. The van der Waals surface area contributed by atoms with Gasteiger partial charge in [-0.05, 0) is 24.1 Å². The zero-order valence-electron chi connectivity index (χ0n) is 8.72. The molecule has 0 amide bonds. The highest BCUT2D eigenvalue weighted by Crippen LogP contribution is 2.15. The van der Waals surface area contributed by atoms with E-state index in [-0.39, 0.29) is 0 Å². The van der Waals surface area contributed by atoms with Crippen molar-refractivity contribution in [2.45, 2.75) is 12.8 Å². The largest absolute Gasteiger partial charge is 0.303 e. The highest BCUT2D eigenvalue weighted by atomic mass is 16.1. The van der Waals surface area contributed by atoms with Crippen LogP contribution in [0.1, 0.15) is 22.5 Å². The van der Waals surface area contributed by atoms with Crippen molar-refractivity contribution in [1.29, 1.82) is 0 Å². The molecule has 0 aliphatic heterocycles. The fourth-order valence-electron chi connectivity index (χ4n) is 1.63. The van der Waals surface area contributed by atoms with Crippen LogP contribution in [-0.2, 0) is 11.2 Å². The van der Waals surface area contributed by atoms with Crippen LogP contribution in [0.3, 0.4) is 0 Å². The molecule has 0 N–H and O–H groups in total. The number of fused-ring (bicyclic) bond motifs is 1. The quantitative estimate of drug-likeness (QED) is 0.731. The zero-order chi connectivity index (χ0) is 11.4. The molecule has 0 fully saturated rings. The number of pyridine rings is 1. The Hall–Kier alpha value is -2.03. The highest BCUT2D eigenvalue weighted by molar-refractivity contribution is 5.83. The van der Waals surface area contributed by atoms with Crippen molar-refractivity contribution in [2.75, 3.05) is 0 Å². The molecule has 80 valence electrons. The Bertz CT molecular complexity index is 534. The molecule has 0 spiro atoms. The van der Waals surface area contributed by atoms with Crippen LogP contribution >= 0.6 is 0 Å². The third kappa shape index (κ3) is 2.14. The molecular weight excluding hydrogens is 202 g/mol. The van der Waals surface area contributed by atoms with Gasteiger partial charge in [-0.15, -0.1) is 0 Å². The molecule has 0 atom stereocenters. The van der Waals surface area contributed by atoms with Crippen LogP contribution < -0.4 is 0 Å². The molecule has 0 saturated carbocycles. The van der Waals surface area contributed by atoms with Gasteiger partial charge in [0.1, 0.15) is 12.0 Å². The Morgan fingerprint density at radius 1 is 1.12 bits per heavy atom. The number of aromatic nitrogens is 1. The lowest BCUT2D eigenvalue weighted by Gasteiger charge is -2.01. The van der Waals surface area contributed by atoms with Gasteiger partial charge in [0.25, 0.3) is 0 Å². The van der Waals surface area contributed by atoms with Gasteiger partial charge in [0, 0.05) is 11.8 Å². The van der Waals surface area contributed by atoms with Gasteiger partial charge in [-0.1, -0.05) is 18.2 Å². The number of hydrogen-bond acceptors (Lipinski definition) is 3. The fourth-order valence-corrected chi connectivity index (χ4v) is 1.63. The SMILES string of the molecule is O=CCCc1ccc2ccc(C=O)nc2c1. The van der Waals surface area contributed by atoms with Gasteiger partial charge < -0.3 is 4.79 Å². The van der Waals surface area contributed by atoms with Gasteiger partial charge in [0.2, 0.25) is 0 Å². The second-order valence-electron chi connectivity index (χ2n) is 3.59. The van der Waals surface area contributed by atoms with Crippen LogP contribution in [0.25, 0.3) is 10.9 Å². The lowest BCUT2D eigenvalue weighted by Crippen LogP contribution is -1.90. The van der Waals surface area contributed by atoms with Crippen LogP contribution in [-0.4, -0.2) is 17.6 Å². The minimum Gasteiger partial charge on any atom is -0.303 e. The van der Waals surface area contributed by atoms with Crippen molar-refractivity contribution in [3.8, 4) is 0 Å². The van der Waals surface area contributed by atoms with Crippen molar-refractivity contribution in [2.24, 2.45) is 0 Å². The van der Waals surface area contributed by atoms with E-state index >= 15 is 0 Å². The summed E-state index contributed by atoms with van der Waals surface area (Å²) in [5.41, 5.74) is 2.29. The molecule has 2 rings (SSSR count). The van der Waals surface area contributed by atoms with Gasteiger partial charge in [-0.25, -0.2) is 4.98 Å². The van der Waals surface area contributed by atoms with Crippen LogP contribution in [0, 0.1) is 0 Å². The first kappa shape index (κ1) is 10.5. The average molecular weight is 213 g/mol. The Balaban J connectivity index is 2.42. The summed E-state index contributed by atoms with van der Waals surface area (Å²) < 4.78 is 0. The van der Waals surface area contributed by atoms with Crippen LogP contribution in [0.15, 0.2) is 30.3 Å². The highest BCUT2D eigenvalue weighted by Gasteiger charge is 1.99. The molecule has 0 bridgehead atoms. The maximum atomic E-state index is 10.6. The van der Waals surface area contributed by atoms with Crippen molar-refractivity contribution >= 4 is 23.5 Å². The van der Waals surface area contributed by atoms with Crippen molar-refractivity contribution < 1.29 is 9.59 Å². The van der Waals surface area contributed by atoms with E-state index < -0.39 is 0 Å². The normalized spacial score (nSPS) is 10.2. The maximum Gasteiger partial charge on any atom is 0.168 e. The average Bonchev–Trinajstić information content (AvgIpc) is 2.35. The summed E-state index contributed by atoms with van der Waals surface area (Å²) in [7, 11) is 0. The van der Waals surface area contributed by atoms with Crippen molar-refractivity contribution in [3.63, 3.8) is 0 Å². The van der Waals surface area contributed by atoms with E-state index in [1.807, 2.05) is 24.3 Å². The second kappa shape index (κ2) is 4.66. The number of benzene rings is 1. The third-order valence-corrected chi connectivity index (χ3v) is 2.45. The predicted molar refractivity (Wildman–Crippen MR) is 61.5 cm³/mol. The molecule has 2 aromatic rings. The lowest BCUT2D eigenvalue weighted by atomic mass is 10.1. The summed E-state index contributed by atoms with van der Waals surface area (Å²) in [6, 6.07) is 9.42. The standard InChI is InChI=1S/C13H11NO2/c15-7-1-2-10-3-4-11-5-6-12(9-16)14-13(11)8-10/h3-9H,1-2H2. The Morgan fingerprint density at radius 3 is 2.69 bits per heavy atom. The maximum absolute atomic E-state index is 10.6. The van der Waals surface area contributed by atoms with E-state index in [1.165, 1.54) is 0 Å². The summed E-state index contributed by atoms with van der Waals surface area (Å²) in [6.45, 7) is 0. The number of carbonyl (C=O) groups excluding carboxylic acids is 2. The summed E-state index contributed by atoms with van der Waals surface area (Å²) in [4.78, 5) is 25.1. The summed E-state index contributed by atoms with van der Waals surface area (Å²) in [5, 5.41) is 1.00. The van der Waals surface area contributed by atoms with E-state index in [0.717, 1.165) is 29.0 Å².